The van der Waals surface area contributed by atoms with Gasteiger partial charge < -0.3 is 5.32 Å². The van der Waals surface area contributed by atoms with Gasteiger partial charge in [0.2, 0.25) is 6.41 Å². The summed E-state index contributed by atoms with van der Waals surface area (Å²) in [7, 11) is 0. The van der Waals surface area contributed by atoms with Crippen LogP contribution in [0.15, 0.2) is 22.7 Å². The van der Waals surface area contributed by atoms with Crippen LogP contribution in [0.25, 0.3) is 0 Å². The molecular formula is C10H11BrFNO. The highest BCUT2D eigenvalue weighted by molar-refractivity contribution is 9.10. The number of benzene rings is 1. The first-order valence-corrected chi connectivity index (χ1v) is 5.06. The number of halogens is 2. The average molecular weight is 260 g/mol. The number of hydrogen-bond acceptors (Lipinski definition) is 1. The maximum Gasteiger partial charge on any atom is 0.207 e. The molecule has 1 rings (SSSR count). The number of carbonyl (C=O) groups excluding carboxylic acids is 1. The zero-order valence-electron chi connectivity index (χ0n) is 7.76. The van der Waals surface area contributed by atoms with Crippen molar-refractivity contribution in [1.82, 2.24) is 5.32 Å². The molecule has 76 valence electrons. The molecule has 4 heteroatoms. The van der Waals surface area contributed by atoms with E-state index in [0.717, 1.165) is 4.47 Å². The van der Waals surface area contributed by atoms with Crippen LogP contribution >= 0.6 is 15.9 Å². The van der Waals surface area contributed by atoms with Gasteiger partial charge in [-0.25, -0.2) is 4.39 Å². The molecule has 1 N–H and O–H groups in total. The van der Waals surface area contributed by atoms with Crippen LogP contribution in [0.3, 0.4) is 0 Å². The number of hydrogen-bond donors (Lipinski definition) is 1. The van der Waals surface area contributed by atoms with Crippen LogP contribution in [0.1, 0.15) is 18.4 Å². The highest BCUT2D eigenvalue weighted by atomic mass is 79.9. The Morgan fingerprint density at radius 3 is 3.00 bits per heavy atom. The van der Waals surface area contributed by atoms with Gasteiger partial charge in [-0.05, 0) is 23.8 Å². The van der Waals surface area contributed by atoms with E-state index >= 15 is 0 Å². The first-order chi connectivity index (χ1) is 6.65. The lowest BCUT2D eigenvalue weighted by molar-refractivity contribution is -0.109. The molecule has 14 heavy (non-hydrogen) atoms. The smallest absolute Gasteiger partial charge is 0.207 e. The van der Waals surface area contributed by atoms with E-state index in [-0.39, 0.29) is 11.7 Å². The van der Waals surface area contributed by atoms with E-state index < -0.39 is 0 Å². The summed E-state index contributed by atoms with van der Waals surface area (Å²) < 4.78 is 14.2. The summed E-state index contributed by atoms with van der Waals surface area (Å²) in [5.74, 6) is -0.272. The van der Waals surface area contributed by atoms with Crippen LogP contribution < -0.4 is 5.32 Å². The average Bonchev–Trinajstić information content (AvgIpc) is 2.18. The summed E-state index contributed by atoms with van der Waals surface area (Å²) >= 11 is 3.28. The molecule has 0 aromatic heterocycles. The lowest BCUT2D eigenvalue weighted by atomic mass is 10.0. The number of rotatable bonds is 4. The fourth-order valence-electron chi connectivity index (χ4n) is 1.23. The minimum Gasteiger partial charge on any atom is -0.358 e. The van der Waals surface area contributed by atoms with E-state index in [0.29, 0.717) is 18.5 Å². The zero-order valence-corrected chi connectivity index (χ0v) is 9.34. The van der Waals surface area contributed by atoms with Crippen molar-refractivity contribution in [2.75, 3.05) is 6.54 Å². The Hall–Kier alpha value is -0.900. The van der Waals surface area contributed by atoms with Crippen LogP contribution in [0.4, 0.5) is 4.39 Å². The monoisotopic (exact) mass is 259 g/mol. The van der Waals surface area contributed by atoms with Gasteiger partial charge in [-0.2, -0.15) is 0 Å². The molecule has 0 aliphatic heterocycles. The van der Waals surface area contributed by atoms with Gasteiger partial charge >= 0.3 is 0 Å². The van der Waals surface area contributed by atoms with Gasteiger partial charge in [-0.1, -0.05) is 22.9 Å². The van der Waals surface area contributed by atoms with Crippen molar-refractivity contribution in [3.05, 3.63) is 34.1 Å². The van der Waals surface area contributed by atoms with E-state index in [9.17, 15) is 9.18 Å². The Morgan fingerprint density at radius 2 is 2.36 bits per heavy atom. The summed E-state index contributed by atoms with van der Waals surface area (Å²) in [6.07, 6.45) is 0.617. The molecule has 0 aliphatic carbocycles. The third kappa shape index (κ3) is 2.80. The molecule has 0 aliphatic rings. The lowest BCUT2D eigenvalue weighted by Gasteiger charge is -2.12. The Kier molecular flexibility index (Phi) is 4.07. The SMILES string of the molecule is CC(CNC=O)c1cc(Br)ccc1F. The van der Waals surface area contributed by atoms with E-state index in [2.05, 4.69) is 21.2 Å². The normalized spacial score (nSPS) is 12.2. The highest BCUT2D eigenvalue weighted by Crippen LogP contribution is 2.22. The predicted octanol–water partition coefficient (Wildman–Crippen LogP) is 2.44. The minimum atomic E-state index is -0.242. The maximum atomic E-state index is 13.3. The van der Waals surface area contributed by atoms with Crippen LogP contribution in [-0.4, -0.2) is 13.0 Å². The van der Waals surface area contributed by atoms with E-state index in [1.165, 1.54) is 6.07 Å². The fourth-order valence-corrected chi connectivity index (χ4v) is 1.61. The second-order valence-corrected chi connectivity index (χ2v) is 4.01. The van der Waals surface area contributed by atoms with Crippen molar-refractivity contribution in [2.24, 2.45) is 0 Å². The summed E-state index contributed by atoms with van der Waals surface area (Å²) in [5.41, 5.74) is 0.605. The van der Waals surface area contributed by atoms with Crippen LogP contribution in [-0.2, 0) is 4.79 Å². The molecule has 0 saturated heterocycles. The standard InChI is InChI=1S/C10H11BrFNO/c1-7(5-13-6-14)9-4-8(11)2-3-10(9)12/h2-4,6-7H,5H2,1H3,(H,13,14). The summed E-state index contributed by atoms with van der Waals surface area (Å²) in [4.78, 5) is 10.1. The fraction of sp³-hybridized carbons (Fsp3) is 0.300. The van der Waals surface area contributed by atoms with E-state index in [1.54, 1.807) is 12.1 Å². The van der Waals surface area contributed by atoms with Crippen LogP contribution in [0, 0.1) is 5.82 Å². The molecule has 1 unspecified atom stereocenters. The van der Waals surface area contributed by atoms with Crippen molar-refractivity contribution in [3.63, 3.8) is 0 Å². The van der Waals surface area contributed by atoms with Crippen molar-refractivity contribution in [3.8, 4) is 0 Å². The Bertz CT molecular complexity index is 330. The van der Waals surface area contributed by atoms with Crippen LogP contribution in [0.5, 0.6) is 0 Å². The van der Waals surface area contributed by atoms with Gasteiger partial charge in [0.15, 0.2) is 0 Å². The molecule has 1 aromatic rings. The molecular weight excluding hydrogens is 249 g/mol. The molecule has 1 amide bonds. The van der Waals surface area contributed by atoms with Crippen LogP contribution in [0.2, 0.25) is 0 Å². The van der Waals surface area contributed by atoms with Gasteiger partial charge in [-0.15, -0.1) is 0 Å². The number of nitrogens with one attached hydrogen (secondary N) is 1. The Labute approximate surface area is 90.6 Å². The van der Waals surface area contributed by atoms with Crippen molar-refractivity contribution < 1.29 is 9.18 Å². The van der Waals surface area contributed by atoms with Crippen molar-refractivity contribution in [1.29, 1.82) is 0 Å². The van der Waals surface area contributed by atoms with Gasteiger partial charge in [-0.3, -0.25) is 4.79 Å². The van der Waals surface area contributed by atoms with Gasteiger partial charge in [0.05, 0.1) is 0 Å². The molecule has 1 aromatic carbocycles. The second-order valence-electron chi connectivity index (χ2n) is 3.09. The van der Waals surface area contributed by atoms with Gasteiger partial charge in [0.25, 0.3) is 0 Å². The van der Waals surface area contributed by atoms with E-state index in [1.807, 2.05) is 6.92 Å². The highest BCUT2D eigenvalue weighted by Gasteiger charge is 2.10. The van der Waals surface area contributed by atoms with Crippen molar-refractivity contribution >= 4 is 22.3 Å². The molecule has 0 heterocycles. The minimum absolute atomic E-state index is 0.0299. The Balaban J connectivity index is 2.82. The first kappa shape index (κ1) is 11.2. The van der Waals surface area contributed by atoms with Gasteiger partial charge in [0, 0.05) is 16.9 Å². The van der Waals surface area contributed by atoms with Gasteiger partial charge in [0.1, 0.15) is 5.82 Å². The predicted molar refractivity (Wildman–Crippen MR) is 56.6 cm³/mol. The third-order valence-electron chi connectivity index (χ3n) is 2.00. The maximum absolute atomic E-state index is 13.3. The Morgan fingerprint density at radius 1 is 1.64 bits per heavy atom. The summed E-state index contributed by atoms with van der Waals surface area (Å²) in [6, 6.07) is 4.79. The molecule has 2 nitrogen and oxygen atoms in total. The largest absolute Gasteiger partial charge is 0.358 e. The molecule has 0 saturated carbocycles. The molecule has 0 spiro atoms. The lowest BCUT2D eigenvalue weighted by Crippen LogP contribution is -2.18. The molecule has 1 atom stereocenters. The number of carbonyl (C=O) groups is 1. The molecule has 0 radical (unpaired) electrons. The van der Waals surface area contributed by atoms with E-state index in [4.69, 9.17) is 0 Å². The number of amides is 1. The first-order valence-electron chi connectivity index (χ1n) is 4.27. The molecule has 0 bridgehead atoms. The quantitative estimate of drug-likeness (QED) is 0.828. The third-order valence-corrected chi connectivity index (χ3v) is 2.49. The topological polar surface area (TPSA) is 29.1 Å². The molecule has 0 fully saturated rings. The van der Waals surface area contributed by atoms with Crippen molar-refractivity contribution in [2.45, 2.75) is 12.8 Å². The zero-order chi connectivity index (χ0) is 10.6. The summed E-state index contributed by atoms with van der Waals surface area (Å²) in [6.45, 7) is 2.30. The second kappa shape index (κ2) is 5.10. The summed E-state index contributed by atoms with van der Waals surface area (Å²) in [5, 5.41) is 2.53.